The Balaban J connectivity index is 1.62. The van der Waals surface area contributed by atoms with Crippen molar-refractivity contribution in [3.8, 4) is 5.75 Å². The van der Waals surface area contributed by atoms with E-state index in [1.165, 1.54) is 12.0 Å². The number of methoxy groups -OCH3 is 1. The van der Waals surface area contributed by atoms with E-state index in [1.54, 1.807) is 54.4 Å². The molecule has 0 aromatic heterocycles. The van der Waals surface area contributed by atoms with Crippen molar-refractivity contribution in [3.05, 3.63) is 94.5 Å². The first-order valence-electron chi connectivity index (χ1n) is 9.87. The Bertz CT molecular complexity index is 1150. The lowest BCUT2D eigenvalue weighted by Gasteiger charge is -2.20. The Hall–Kier alpha value is -3.93. The van der Waals surface area contributed by atoms with Crippen LogP contribution in [-0.4, -0.2) is 36.8 Å². The number of ether oxygens (including phenoxy) is 1. The largest absolute Gasteiger partial charge is 0.496 e. The Morgan fingerprint density at radius 1 is 0.935 bits per heavy atom. The maximum absolute atomic E-state index is 13.2. The van der Waals surface area contributed by atoms with Gasteiger partial charge in [0.1, 0.15) is 5.75 Å². The van der Waals surface area contributed by atoms with Crippen LogP contribution in [0.1, 0.15) is 42.2 Å². The van der Waals surface area contributed by atoms with Crippen LogP contribution >= 0.6 is 0 Å². The average molecular weight is 414 g/mol. The topological polar surface area (TPSA) is 66.9 Å². The van der Waals surface area contributed by atoms with Crippen molar-refractivity contribution in [2.45, 2.75) is 13.5 Å². The predicted molar refractivity (Wildman–Crippen MR) is 118 cm³/mol. The molecule has 0 saturated heterocycles. The molecule has 0 atom stereocenters. The first kappa shape index (κ1) is 20.3. The van der Waals surface area contributed by atoms with Gasteiger partial charge in [-0.3, -0.25) is 19.3 Å². The van der Waals surface area contributed by atoms with Crippen LogP contribution < -0.4 is 9.64 Å². The van der Waals surface area contributed by atoms with Gasteiger partial charge in [-0.2, -0.15) is 0 Å². The number of rotatable bonds is 5. The molecule has 6 heteroatoms. The van der Waals surface area contributed by atoms with Gasteiger partial charge >= 0.3 is 0 Å². The number of nitrogens with zero attached hydrogens (tertiary/aromatic N) is 2. The molecule has 0 aliphatic carbocycles. The summed E-state index contributed by atoms with van der Waals surface area (Å²) in [5.74, 6) is -0.484. The number of hydrogen-bond acceptors (Lipinski definition) is 4. The summed E-state index contributed by atoms with van der Waals surface area (Å²) < 4.78 is 5.39. The summed E-state index contributed by atoms with van der Waals surface area (Å²) >= 11 is 0. The van der Waals surface area contributed by atoms with E-state index in [9.17, 15) is 14.4 Å². The minimum absolute atomic E-state index is 0.0743. The Morgan fingerprint density at radius 2 is 1.55 bits per heavy atom. The molecule has 3 aromatic carbocycles. The summed E-state index contributed by atoms with van der Waals surface area (Å²) in [6.45, 7) is 2.06. The van der Waals surface area contributed by atoms with Crippen molar-refractivity contribution < 1.29 is 19.1 Å². The van der Waals surface area contributed by atoms with E-state index in [4.69, 9.17) is 4.74 Å². The molecule has 0 saturated carbocycles. The van der Waals surface area contributed by atoms with Gasteiger partial charge in [-0.1, -0.05) is 35.9 Å². The Labute approximate surface area is 180 Å². The molecule has 31 heavy (non-hydrogen) atoms. The quantitative estimate of drug-likeness (QED) is 0.590. The molecule has 3 amide bonds. The highest BCUT2D eigenvalue weighted by molar-refractivity contribution is 6.21. The van der Waals surface area contributed by atoms with E-state index in [0.717, 1.165) is 11.3 Å². The molecule has 1 aliphatic rings. The van der Waals surface area contributed by atoms with Crippen molar-refractivity contribution in [1.82, 2.24) is 4.90 Å². The van der Waals surface area contributed by atoms with E-state index >= 15 is 0 Å². The molecular weight excluding hydrogens is 392 g/mol. The molecule has 0 unspecified atom stereocenters. The number of benzene rings is 3. The van der Waals surface area contributed by atoms with Gasteiger partial charge in [-0.15, -0.1) is 0 Å². The number of carbonyl (C=O) groups excluding carboxylic acids is 3. The van der Waals surface area contributed by atoms with Gasteiger partial charge in [0.25, 0.3) is 17.7 Å². The number of hydrogen-bond donors (Lipinski definition) is 0. The van der Waals surface area contributed by atoms with Crippen LogP contribution in [0, 0.1) is 6.92 Å². The van der Waals surface area contributed by atoms with Gasteiger partial charge in [0.15, 0.2) is 0 Å². The first-order chi connectivity index (χ1) is 14.9. The number of aryl methyl sites for hydroxylation is 1. The maximum Gasteiger partial charge on any atom is 0.261 e. The van der Waals surface area contributed by atoms with Crippen LogP contribution in [-0.2, 0) is 6.54 Å². The van der Waals surface area contributed by atoms with Gasteiger partial charge in [-0.05, 0) is 48.9 Å². The van der Waals surface area contributed by atoms with Crippen LogP contribution in [0.3, 0.4) is 0 Å². The highest BCUT2D eigenvalue weighted by atomic mass is 16.5. The lowest BCUT2D eigenvalue weighted by molar-refractivity contribution is 0.0642. The van der Waals surface area contributed by atoms with Crippen molar-refractivity contribution in [3.63, 3.8) is 0 Å². The molecule has 0 radical (unpaired) electrons. The maximum atomic E-state index is 13.2. The summed E-state index contributed by atoms with van der Waals surface area (Å²) in [7, 11) is 3.20. The van der Waals surface area contributed by atoms with Crippen LogP contribution in [0.25, 0.3) is 0 Å². The van der Waals surface area contributed by atoms with Crippen molar-refractivity contribution in [2.24, 2.45) is 0 Å². The fraction of sp³-hybridized carbons (Fsp3) is 0.160. The van der Waals surface area contributed by atoms with Crippen molar-refractivity contribution in [1.29, 1.82) is 0 Å². The molecule has 4 rings (SSSR count). The molecule has 0 fully saturated rings. The third-order valence-electron chi connectivity index (χ3n) is 5.44. The van der Waals surface area contributed by atoms with Crippen LogP contribution in [0.2, 0.25) is 0 Å². The second kappa shape index (κ2) is 8.07. The normalized spacial score (nSPS) is 12.7. The minimum Gasteiger partial charge on any atom is -0.496 e. The number of fused-ring (bicyclic) bond motifs is 1. The van der Waals surface area contributed by atoms with Crippen LogP contribution in [0.15, 0.2) is 66.7 Å². The molecule has 6 nitrogen and oxygen atoms in total. The van der Waals surface area contributed by atoms with E-state index in [1.807, 2.05) is 31.2 Å². The second-order valence-electron chi connectivity index (χ2n) is 7.48. The van der Waals surface area contributed by atoms with Gasteiger partial charge in [-0.25, -0.2) is 0 Å². The number of anilines is 1. The summed E-state index contributed by atoms with van der Waals surface area (Å²) in [4.78, 5) is 41.3. The second-order valence-corrected chi connectivity index (χ2v) is 7.48. The van der Waals surface area contributed by atoms with E-state index in [-0.39, 0.29) is 24.3 Å². The Kier molecular flexibility index (Phi) is 5.29. The molecule has 156 valence electrons. The smallest absolute Gasteiger partial charge is 0.261 e. The third kappa shape index (κ3) is 3.68. The van der Waals surface area contributed by atoms with Gasteiger partial charge in [0, 0.05) is 12.7 Å². The average Bonchev–Trinajstić information content (AvgIpc) is 3.03. The van der Waals surface area contributed by atoms with Crippen LogP contribution in [0.4, 0.5) is 5.69 Å². The molecule has 0 spiro atoms. The Morgan fingerprint density at radius 3 is 2.13 bits per heavy atom. The molecular formula is C25H22N2O4. The molecule has 0 N–H and O–H groups in total. The number of carbonyl (C=O) groups is 3. The first-order valence-corrected chi connectivity index (χ1v) is 9.87. The van der Waals surface area contributed by atoms with Gasteiger partial charge < -0.3 is 9.64 Å². The number of amides is 3. The van der Waals surface area contributed by atoms with Gasteiger partial charge in [0.05, 0.1) is 30.3 Å². The third-order valence-corrected chi connectivity index (χ3v) is 5.44. The standard InChI is InChI=1S/C25H22N2O4/c1-16-8-11-18(12-9-16)26(2)23(28)21-14-17(10-13-22(21)31-3)15-27-24(29)19-6-4-5-7-20(19)25(27)30/h4-14H,15H2,1-3H3. The van der Waals surface area contributed by atoms with Crippen molar-refractivity contribution >= 4 is 23.4 Å². The number of imide groups is 1. The highest BCUT2D eigenvalue weighted by Gasteiger charge is 2.35. The van der Waals surface area contributed by atoms with E-state index in [0.29, 0.717) is 28.0 Å². The highest BCUT2D eigenvalue weighted by Crippen LogP contribution is 2.28. The lowest BCUT2D eigenvalue weighted by atomic mass is 10.1. The van der Waals surface area contributed by atoms with Crippen molar-refractivity contribution in [2.75, 3.05) is 19.1 Å². The SMILES string of the molecule is COc1ccc(CN2C(=O)c3ccccc3C2=O)cc1C(=O)N(C)c1ccc(C)cc1. The monoisotopic (exact) mass is 414 g/mol. The summed E-state index contributed by atoms with van der Waals surface area (Å²) in [5, 5.41) is 0. The zero-order chi connectivity index (χ0) is 22.1. The fourth-order valence-electron chi connectivity index (χ4n) is 3.65. The molecule has 1 aliphatic heterocycles. The summed E-state index contributed by atoms with van der Waals surface area (Å²) in [6, 6.07) is 19.5. The summed E-state index contributed by atoms with van der Waals surface area (Å²) in [5.41, 5.74) is 3.68. The fourth-order valence-corrected chi connectivity index (χ4v) is 3.65. The molecule has 1 heterocycles. The zero-order valence-corrected chi connectivity index (χ0v) is 17.6. The predicted octanol–water partition coefficient (Wildman–Crippen LogP) is 4.08. The lowest BCUT2D eigenvalue weighted by Crippen LogP contribution is -2.30. The molecule has 0 bridgehead atoms. The van der Waals surface area contributed by atoms with E-state index in [2.05, 4.69) is 0 Å². The van der Waals surface area contributed by atoms with Crippen LogP contribution in [0.5, 0.6) is 5.75 Å². The molecule has 3 aromatic rings. The van der Waals surface area contributed by atoms with E-state index < -0.39 is 0 Å². The van der Waals surface area contributed by atoms with Gasteiger partial charge in [0.2, 0.25) is 0 Å². The zero-order valence-electron chi connectivity index (χ0n) is 17.6. The summed E-state index contributed by atoms with van der Waals surface area (Å²) in [6.07, 6.45) is 0. The minimum atomic E-state index is -0.332.